The third-order valence-electron chi connectivity index (χ3n) is 6.83. The molecule has 0 bridgehead atoms. The summed E-state index contributed by atoms with van der Waals surface area (Å²) < 4.78 is 5.51. The molecule has 4 rings (SSSR count). The fourth-order valence-corrected chi connectivity index (χ4v) is 4.96. The Morgan fingerprint density at radius 1 is 1.06 bits per heavy atom. The van der Waals surface area contributed by atoms with Crippen LogP contribution in [-0.4, -0.2) is 53.2 Å². The zero-order valence-electron chi connectivity index (χ0n) is 18.9. The van der Waals surface area contributed by atoms with Gasteiger partial charge in [0.05, 0.1) is 0 Å². The Morgan fingerprint density at radius 2 is 1.70 bits per heavy atom. The second-order valence-electron chi connectivity index (χ2n) is 8.94. The van der Waals surface area contributed by atoms with Crippen LogP contribution >= 0.6 is 0 Å². The monoisotopic (exact) mass is 450 g/mol. The predicted octanol–water partition coefficient (Wildman–Crippen LogP) is 4.16. The molecular formula is C26H30N2O5. The lowest BCUT2D eigenvalue weighted by molar-refractivity contribution is -0.155. The Bertz CT molecular complexity index is 1010. The smallest absolute Gasteiger partial charge is 0.407 e. The van der Waals surface area contributed by atoms with Gasteiger partial charge in [0.2, 0.25) is 5.91 Å². The van der Waals surface area contributed by atoms with Gasteiger partial charge in [-0.15, -0.1) is 0 Å². The summed E-state index contributed by atoms with van der Waals surface area (Å²) >= 11 is 0. The van der Waals surface area contributed by atoms with E-state index in [0.29, 0.717) is 38.8 Å². The molecular weight excluding hydrogens is 420 g/mol. The van der Waals surface area contributed by atoms with Crippen molar-refractivity contribution < 1.29 is 24.2 Å². The molecule has 2 aromatic carbocycles. The number of unbranched alkanes of at least 4 members (excludes halogenated alkanes) is 1. The van der Waals surface area contributed by atoms with Gasteiger partial charge in [-0.05, 0) is 54.9 Å². The van der Waals surface area contributed by atoms with Gasteiger partial charge in [-0.2, -0.15) is 0 Å². The second kappa shape index (κ2) is 9.65. The third kappa shape index (κ3) is 4.58. The van der Waals surface area contributed by atoms with Crippen molar-refractivity contribution in [2.45, 2.75) is 50.5 Å². The van der Waals surface area contributed by atoms with Gasteiger partial charge in [-0.25, -0.2) is 9.59 Å². The Balaban J connectivity index is 1.20. The van der Waals surface area contributed by atoms with Crippen molar-refractivity contribution in [1.29, 1.82) is 0 Å². The number of carboxylic acids is 1. The molecule has 7 nitrogen and oxygen atoms in total. The van der Waals surface area contributed by atoms with E-state index in [1.807, 2.05) is 24.3 Å². The first-order chi connectivity index (χ1) is 15.9. The molecule has 1 saturated heterocycles. The van der Waals surface area contributed by atoms with Gasteiger partial charge >= 0.3 is 12.1 Å². The fraction of sp³-hybridized carbons (Fsp3) is 0.423. The number of benzene rings is 2. The molecule has 1 aliphatic heterocycles. The van der Waals surface area contributed by atoms with Crippen LogP contribution in [0.1, 0.15) is 56.1 Å². The van der Waals surface area contributed by atoms with Crippen LogP contribution in [0.25, 0.3) is 11.1 Å². The maximum atomic E-state index is 12.5. The van der Waals surface area contributed by atoms with E-state index in [1.54, 1.807) is 6.92 Å². The van der Waals surface area contributed by atoms with E-state index < -0.39 is 17.6 Å². The lowest BCUT2D eigenvalue weighted by Gasteiger charge is -2.31. The average molecular weight is 451 g/mol. The maximum Gasteiger partial charge on any atom is 0.407 e. The molecule has 1 heterocycles. The van der Waals surface area contributed by atoms with Gasteiger partial charge in [0.25, 0.3) is 0 Å². The zero-order chi connectivity index (χ0) is 23.4. The Morgan fingerprint density at radius 3 is 2.33 bits per heavy atom. The van der Waals surface area contributed by atoms with E-state index in [-0.39, 0.29) is 24.9 Å². The van der Waals surface area contributed by atoms with Gasteiger partial charge in [-0.1, -0.05) is 48.5 Å². The number of ether oxygens (including phenoxy) is 1. The SMILES string of the molecule is C[C@@]1(C(=O)O)CCCN1C(=O)CCCCNC(=O)OCC1c2ccccc2-c2ccccc21. The van der Waals surface area contributed by atoms with Crippen LogP contribution in [0.5, 0.6) is 0 Å². The molecule has 0 spiro atoms. The molecule has 1 atom stereocenters. The Kier molecular flexibility index (Phi) is 6.67. The predicted molar refractivity (Wildman–Crippen MR) is 124 cm³/mol. The van der Waals surface area contributed by atoms with Crippen molar-refractivity contribution in [3.05, 3.63) is 59.7 Å². The molecule has 0 aromatic heterocycles. The van der Waals surface area contributed by atoms with Crippen LogP contribution in [0, 0.1) is 0 Å². The number of nitrogens with zero attached hydrogens (tertiary/aromatic N) is 1. The largest absolute Gasteiger partial charge is 0.480 e. The summed E-state index contributed by atoms with van der Waals surface area (Å²) in [4.78, 5) is 37.7. The van der Waals surface area contributed by atoms with Crippen molar-refractivity contribution in [3.8, 4) is 11.1 Å². The number of nitrogens with one attached hydrogen (secondary N) is 1. The molecule has 1 aliphatic carbocycles. The summed E-state index contributed by atoms with van der Waals surface area (Å²) in [6.07, 6.45) is 2.19. The standard InChI is InChI=1S/C26H30N2O5/c1-26(24(30)31)14-8-16-28(26)23(29)13-6-7-15-27-25(32)33-17-22-20-11-4-2-9-18(20)19-10-3-5-12-21(19)22/h2-5,9-12,22H,6-8,13-17H2,1H3,(H,27,32)(H,30,31)/t26-/m0/s1. The zero-order valence-corrected chi connectivity index (χ0v) is 18.9. The number of carbonyl (C=O) groups is 3. The number of carbonyl (C=O) groups excluding carboxylic acids is 2. The average Bonchev–Trinajstić information content (AvgIpc) is 3.36. The molecule has 2 amide bonds. The van der Waals surface area contributed by atoms with Gasteiger partial charge in [-0.3, -0.25) is 4.79 Å². The van der Waals surface area contributed by atoms with E-state index in [0.717, 1.165) is 0 Å². The van der Waals surface area contributed by atoms with Crippen molar-refractivity contribution >= 4 is 18.0 Å². The first-order valence-corrected chi connectivity index (χ1v) is 11.5. The minimum Gasteiger partial charge on any atom is -0.480 e. The van der Waals surface area contributed by atoms with E-state index in [4.69, 9.17) is 4.74 Å². The number of rotatable bonds is 8. The molecule has 2 aromatic rings. The van der Waals surface area contributed by atoms with E-state index in [2.05, 4.69) is 29.6 Å². The van der Waals surface area contributed by atoms with E-state index >= 15 is 0 Å². The minimum absolute atomic E-state index is 0.0183. The van der Waals surface area contributed by atoms with Crippen LogP contribution in [0.4, 0.5) is 4.79 Å². The topological polar surface area (TPSA) is 95.9 Å². The van der Waals surface area contributed by atoms with Gasteiger partial charge in [0.15, 0.2) is 0 Å². The van der Waals surface area contributed by atoms with Crippen molar-refractivity contribution in [2.24, 2.45) is 0 Å². The highest BCUT2D eigenvalue weighted by Crippen LogP contribution is 2.44. The van der Waals surface area contributed by atoms with Gasteiger partial charge < -0.3 is 20.1 Å². The van der Waals surface area contributed by atoms with Gasteiger partial charge in [0.1, 0.15) is 12.1 Å². The third-order valence-corrected chi connectivity index (χ3v) is 6.83. The highest BCUT2D eigenvalue weighted by Gasteiger charge is 2.45. The quantitative estimate of drug-likeness (QED) is 0.589. The molecule has 33 heavy (non-hydrogen) atoms. The van der Waals surface area contributed by atoms with E-state index in [9.17, 15) is 19.5 Å². The molecule has 2 N–H and O–H groups in total. The molecule has 1 fully saturated rings. The first kappa shape index (κ1) is 22.8. The van der Waals surface area contributed by atoms with E-state index in [1.165, 1.54) is 27.2 Å². The first-order valence-electron chi connectivity index (χ1n) is 11.5. The lowest BCUT2D eigenvalue weighted by Crippen LogP contribution is -2.50. The van der Waals surface area contributed by atoms with Crippen LogP contribution < -0.4 is 5.32 Å². The number of amides is 2. The second-order valence-corrected chi connectivity index (χ2v) is 8.94. The summed E-state index contributed by atoms with van der Waals surface area (Å²) in [5.41, 5.74) is 3.60. The molecule has 0 saturated carbocycles. The summed E-state index contributed by atoms with van der Waals surface area (Å²) in [5.74, 6) is -1.08. The summed E-state index contributed by atoms with van der Waals surface area (Å²) in [6.45, 7) is 2.76. The number of carboxylic acid groups (broad SMARTS) is 1. The minimum atomic E-state index is -1.10. The Hall–Kier alpha value is -3.35. The number of fused-ring (bicyclic) bond motifs is 3. The maximum absolute atomic E-state index is 12.5. The normalized spacial score (nSPS) is 19.1. The van der Waals surface area contributed by atoms with Crippen molar-refractivity contribution in [1.82, 2.24) is 10.2 Å². The molecule has 7 heteroatoms. The van der Waals surface area contributed by atoms with Crippen molar-refractivity contribution in [3.63, 3.8) is 0 Å². The number of hydrogen-bond donors (Lipinski definition) is 2. The molecule has 174 valence electrons. The number of aliphatic carboxylic acids is 1. The van der Waals surface area contributed by atoms with Crippen LogP contribution in [-0.2, 0) is 14.3 Å². The molecule has 0 radical (unpaired) electrons. The highest BCUT2D eigenvalue weighted by molar-refractivity contribution is 5.87. The summed E-state index contributed by atoms with van der Waals surface area (Å²) in [7, 11) is 0. The van der Waals surface area contributed by atoms with Gasteiger partial charge in [0, 0.05) is 25.4 Å². The fourth-order valence-electron chi connectivity index (χ4n) is 4.96. The molecule has 0 unspecified atom stereocenters. The van der Waals surface area contributed by atoms with Crippen molar-refractivity contribution in [2.75, 3.05) is 19.7 Å². The number of likely N-dealkylation sites (tertiary alicyclic amines) is 1. The molecule has 2 aliphatic rings. The van der Waals surface area contributed by atoms with Crippen LogP contribution in [0.15, 0.2) is 48.5 Å². The van der Waals surface area contributed by atoms with Crippen LogP contribution in [0.2, 0.25) is 0 Å². The number of alkyl carbamates (subject to hydrolysis) is 1. The Labute approximate surface area is 193 Å². The highest BCUT2D eigenvalue weighted by atomic mass is 16.5. The summed E-state index contributed by atoms with van der Waals surface area (Å²) in [6, 6.07) is 16.4. The number of hydrogen-bond acceptors (Lipinski definition) is 4. The van der Waals surface area contributed by atoms with Crippen LogP contribution in [0.3, 0.4) is 0 Å². The lowest BCUT2D eigenvalue weighted by atomic mass is 9.98. The summed E-state index contributed by atoms with van der Waals surface area (Å²) in [5, 5.41) is 12.2.